The van der Waals surface area contributed by atoms with Crippen LogP contribution in [0, 0.1) is 18.3 Å². The first-order valence-corrected chi connectivity index (χ1v) is 5.91. The van der Waals surface area contributed by atoms with Crippen LogP contribution in [0.2, 0.25) is 0 Å². The summed E-state index contributed by atoms with van der Waals surface area (Å²) in [6.07, 6.45) is 1.72. The lowest BCUT2D eigenvalue weighted by Gasteiger charge is -2.06. The molecule has 0 saturated heterocycles. The van der Waals surface area contributed by atoms with Crippen LogP contribution < -0.4 is 5.73 Å². The Morgan fingerprint density at radius 3 is 2.82 bits per heavy atom. The molecule has 0 aliphatic heterocycles. The van der Waals surface area contributed by atoms with Gasteiger partial charge in [0.1, 0.15) is 5.03 Å². The van der Waals surface area contributed by atoms with Crippen molar-refractivity contribution >= 4 is 17.4 Å². The summed E-state index contributed by atoms with van der Waals surface area (Å²) in [5.41, 5.74) is 8.23. The van der Waals surface area contributed by atoms with E-state index in [2.05, 4.69) is 11.1 Å². The first kappa shape index (κ1) is 11.5. The Bertz CT molecular complexity index is 587. The number of hydrogen-bond acceptors (Lipinski definition) is 4. The number of rotatable bonds is 2. The van der Waals surface area contributed by atoms with Crippen molar-refractivity contribution in [1.82, 2.24) is 4.98 Å². The predicted octanol–water partition coefficient (Wildman–Crippen LogP) is 3.00. The number of benzene rings is 1. The molecule has 0 aliphatic carbocycles. The van der Waals surface area contributed by atoms with Crippen LogP contribution in [0.3, 0.4) is 0 Å². The lowest BCUT2D eigenvalue weighted by Crippen LogP contribution is -1.91. The number of aromatic nitrogens is 1. The zero-order chi connectivity index (χ0) is 12.3. The van der Waals surface area contributed by atoms with Crippen molar-refractivity contribution in [2.45, 2.75) is 16.8 Å². The number of aryl methyl sites for hydroxylation is 1. The van der Waals surface area contributed by atoms with Gasteiger partial charge in [-0.15, -0.1) is 0 Å². The van der Waals surface area contributed by atoms with E-state index in [1.54, 1.807) is 12.3 Å². The molecule has 0 amide bonds. The molecule has 2 rings (SSSR count). The van der Waals surface area contributed by atoms with E-state index in [0.717, 1.165) is 15.5 Å². The topological polar surface area (TPSA) is 62.7 Å². The van der Waals surface area contributed by atoms with E-state index < -0.39 is 0 Å². The summed E-state index contributed by atoms with van der Waals surface area (Å²) in [5, 5.41) is 9.59. The van der Waals surface area contributed by atoms with Gasteiger partial charge in [0.15, 0.2) is 0 Å². The van der Waals surface area contributed by atoms with E-state index >= 15 is 0 Å². The van der Waals surface area contributed by atoms with E-state index in [4.69, 9.17) is 11.0 Å². The van der Waals surface area contributed by atoms with Crippen molar-refractivity contribution in [3.8, 4) is 6.07 Å². The van der Waals surface area contributed by atoms with Crippen LogP contribution in [0.1, 0.15) is 11.1 Å². The molecule has 2 N–H and O–H groups in total. The second-order valence-electron chi connectivity index (χ2n) is 3.59. The fourth-order valence-corrected chi connectivity index (χ4v) is 2.29. The van der Waals surface area contributed by atoms with E-state index in [1.165, 1.54) is 11.8 Å². The summed E-state index contributed by atoms with van der Waals surface area (Å²) in [4.78, 5) is 5.29. The summed E-state index contributed by atoms with van der Waals surface area (Å²) < 4.78 is 0. The monoisotopic (exact) mass is 241 g/mol. The standard InChI is InChI=1S/C13H11N3S/c1-9-7-10(8-14)4-5-12(9)17-13-11(15)3-2-6-16-13/h2-7H,15H2,1H3. The molecule has 1 heterocycles. The van der Waals surface area contributed by atoms with Crippen LogP contribution in [-0.2, 0) is 0 Å². The number of nitrogen functional groups attached to an aromatic ring is 1. The van der Waals surface area contributed by atoms with Gasteiger partial charge >= 0.3 is 0 Å². The van der Waals surface area contributed by atoms with E-state index in [9.17, 15) is 0 Å². The molecule has 0 bridgehead atoms. The van der Waals surface area contributed by atoms with Crippen LogP contribution in [0.5, 0.6) is 0 Å². The van der Waals surface area contributed by atoms with Gasteiger partial charge in [-0.3, -0.25) is 0 Å². The van der Waals surface area contributed by atoms with Crippen molar-refractivity contribution in [2.24, 2.45) is 0 Å². The lowest BCUT2D eigenvalue weighted by atomic mass is 10.2. The Kier molecular flexibility index (Phi) is 3.31. The molecule has 84 valence electrons. The summed E-state index contributed by atoms with van der Waals surface area (Å²) in [7, 11) is 0. The van der Waals surface area contributed by atoms with Crippen LogP contribution >= 0.6 is 11.8 Å². The minimum absolute atomic E-state index is 0.667. The molecule has 0 spiro atoms. The Hall–Kier alpha value is -1.99. The van der Waals surface area contributed by atoms with Crippen LogP contribution in [0.15, 0.2) is 46.5 Å². The molecule has 0 unspecified atom stereocenters. The largest absolute Gasteiger partial charge is 0.397 e. The Morgan fingerprint density at radius 1 is 1.35 bits per heavy atom. The quantitative estimate of drug-likeness (QED) is 0.878. The SMILES string of the molecule is Cc1cc(C#N)ccc1Sc1ncccc1N. The van der Waals surface area contributed by atoms with Gasteiger partial charge in [0, 0.05) is 11.1 Å². The number of nitrogens with two attached hydrogens (primary N) is 1. The fraction of sp³-hybridized carbons (Fsp3) is 0.0769. The van der Waals surface area contributed by atoms with Crippen LogP contribution in [0.25, 0.3) is 0 Å². The van der Waals surface area contributed by atoms with Gasteiger partial charge in [-0.1, -0.05) is 11.8 Å². The van der Waals surface area contributed by atoms with Gasteiger partial charge in [-0.25, -0.2) is 4.98 Å². The average Bonchev–Trinajstić information content (AvgIpc) is 2.34. The van der Waals surface area contributed by atoms with Crippen LogP contribution in [-0.4, -0.2) is 4.98 Å². The first-order valence-electron chi connectivity index (χ1n) is 5.10. The minimum atomic E-state index is 0.667. The van der Waals surface area contributed by atoms with Gasteiger partial charge in [0.05, 0.1) is 17.3 Å². The van der Waals surface area contributed by atoms with Gasteiger partial charge in [-0.05, 0) is 42.8 Å². The van der Waals surface area contributed by atoms with Crippen molar-refractivity contribution in [3.05, 3.63) is 47.7 Å². The summed E-state index contributed by atoms with van der Waals surface area (Å²) in [6.45, 7) is 1.97. The predicted molar refractivity (Wildman–Crippen MR) is 68.7 cm³/mol. The molecule has 0 atom stereocenters. The second kappa shape index (κ2) is 4.89. The molecule has 2 aromatic rings. The zero-order valence-corrected chi connectivity index (χ0v) is 10.2. The Balaban J connectivity index is 2.32. The third-order valence-corrected chi connectivity index (χ3v) is 3.52. The third kappa shape index (κ3) is 2.58. The highest BCUT2D eigenvalue weighted by atomic mass is 32.2. The first-order chi connectivity index (χ1) is 8.20. The second-order valence-corrected chi connectivity index (χ2v) is 4.62. The molecule has 0 aliphatic rings. The van der Waals surface area contributed by atoms with Gasteiger partial charge in [0.25, 0.3) is 0 Å². The molecule has 4 heteroatoms. The Labute approximate surface area is 104 Å². The smallest absolute Gasteiger partial charge is 0.124 e. The van der Waals surface area contributed by atoms with Crippen molar-refractivity contribution in [3.63, 3.8) is 0 Å². The number of anilines is 1. The third-order valence-electron chi connectivity index (χ3n) is 2.31. The molecular weight excluding hydrogens is 230 g/mol. The number of nitrogens with zero attached hydrogens (tertiary/aromatic N) is 2. The highest BCUT2D eigenvalue weighted by Crippen LogP contribution is 2.32. The number of pyridine rings is 1. The lowest BCUT2D eigenvalue weighted by molar-refractivity contribution is 1.14. The van der Waals surface area contributed by atoms with Crippen LogP contribution in [0.4, 0.5) is 5.69 Å². The zero-order valence-electron chi connectivity index (χ0n) is 9.34. The molecular formula is C13H11N3S. The van der Waals surface area contributed by atoms with Crippen molar-refractivity contribution in [1.29, 1.82) is 5.26 Å². The maximum atomic E-state index is 8.80. The van der Waals surface area contributed by atoms with E-state index in [-0.39, 0.29) is 0 Å². The average molecular weight is 241 g/mol. The summed E-state index contributed by atoms with van der Waals surface area (Å²) in [6, 6.07) is 11.3. The molecule has 1 aromatic heterocycles. The minimum Gasteiger partial charge on any atom is -0.397 e. The summed E-state index contributed by atoms with van der Waals surface area (Å²) in [5.74, 6) is 0. The fourth-order valence-electron chi connectivity index (χ4n) is 1.43. The molecule has 0 fully saturated rings. The normalized spacial score (nSPS) is 9.88. The van der Waals surface area contributed by atoms with Gasteiger partial charge < -0.3 is 5.73 Å². The summed E-state index contributed by atoms with van der Waals surface area (Å²) >= 11 is 1.51. The molecule has 0 radical (unpaired) electrons. The van der Waals surface area contributed by atoms with Crippen molar-refractivity contribution < 1.29 is 0 Å². The van der Waals surface area contributed by atoms with Gasteiger partial charge in [-0.2, -0.15) is 5.26 Å². The maximum Gasteiger partial charge on any atom is 0.124 e. The maximum absolute atomic E-state index is 8.80. The molecule has 1 aromatic carbocycles. The Morgan fingerprint density at radius 2 is 2.18 bits per heavy atom. The van der Waals surface area contributed by atoms with E-state index in [0.29, 0.717) is 11.3 Å². The van der Waals surface area contributed by atoms with E-state index in [1.807, 2.05) is 31.2 Å². The molecule has 3 nitrogen and oxygen atoms in total. The number of nitriles is 1. The molecule has 0 saturated carbocycles. The van der Waals surface area contributed by atoms with Gasteiger partial charge in [0.2, 0.25) is 0 Å². The van der Waals surface area contributed by atoms with Crippen molar-refractivity contribution in [2.75, 3.05) is 5.73 Å². The highest BCUT2D eigenvalue weighted by molar-refractivity contribution is 7.99. The highest BCUT2D eigenvalue weighted by Gasteiger charge is 2.05. The molecule has 17 heavy (non-hydrogen) atoms. The number of hydrogen-bond donors (Lipinski definition) is 1.